The van der Waals surface area contributed by atoms with E-state index in [9.17, 15) is 8.42 Å². The number of nitrogens with zero attached hydrogens (tertiary/aromatic N) is 3. The fraction of sp³-hybridized carbons (Fsp3) is 0.667. The first-order chi connectivity index (χ1) is 8.44. The molecule has 1 aromatic rings. The molecule has 0 unspecified atom stereocenters. The van der Waals surface area contributed by atoms with E-state index < -0.39 is 9.84 Å². The minimum absolute atomic E-state index is 0.151. The lowest BCUT2D eigenvalue weighted by molar-refractivity contribution is 0.300. The summed E-state index contributed by atoms with van der Waals surface area (Å²) < 4.78 is 26.3. The lowest BCUT2D eigenvalue weighted by atomic mass is 10.1. The average molecular weight is 276 g/mol. The molecule has 0 saturated carbocycles. The minimum atomic E-state index is -2.90. The first kappa shape index (κ1) is 14.4. The molecule has 9 heteroatoms. The molecule has 0 fully saturated rings. The predicted octanol–water partition coefficient (Wildman–Crippen LogP) is -0.0785. The van der Waals surface area contributed by atoms with Gasteiger partial charge in [-0.25, -0.2) is 13.0 Å². The molecule has 0 atom stereocenters. The van der Waals surface area contributed by atoms with E-state index >= 15 is 0 Å². The van der Waals surface area contributed by atoms with Crippen molar-refractivity contribution in [3.05, 3.63) is 11.4 Å². The molecule has 0 bridgehead atoms. The number of aryl methyl sites for hydroxylation is 1. The van der Waals surface area contributed by atoms with Gasteiger partial charge in [0.05, 0.1) is 0 Å². The molecule has 102 valence electrons. The quantitative estimate of drug-likeness (QED) is 0.234. The number of amidine groups is 1. The van der Waals surface area contributed by atoms with E-state index in [0.29, 0.717) is 18.5 Å². The Balaban J connectivity index is 2.39. The number of rotatable bonds is 7. The van der Waals surface area contributed by atoms with E-state index in [2.05, 4.69) is 20.1 Å². The molecule has 0 saturated heterocycles. The zero-order chi connectivity index (χ0) is 13.6. The van der Waals surface area contributed by atoms with Crippen LogP contribution in [-0.2, 0) is 16.3 Å². The summed E-state index contributed by atoms with van der Waals surface area (Å²) in [6.45, 7) is 0. The Morgan fingerprint density at radius 2 is 2.11 bits per heavy atom. The van der Waals surface area contributed by atoms with Crippen LogP contribution >= 0.6 is 0 Å². The minimum Gasteiger partial charge on any atom is -0.409 e. The smallest absolute Gasteiger partial charge is 0.194 e. The van der Waals surface area contributed by atoms with Gasteiger partial charge in [-0.3, -0.25) is 0 Å². The van der Waals surface area contributed by atoms with Gasteiger partial charge in [0.25, 0.3) is 0 Å². The zero-order valence-corrected chi connectivity index (χ0v) is 10.9. The van der Waals surface area contributed by atoms with E-state index in [1.807, 2.05) is 0 Å². The highest BCUT2D eigenvalue weighted by molar-refractivity contribution is 7.90. The zero-order valence-electron chi connectivity index (χ0n) is 10.0. The van der Waals surface area contributed by atoms with E-state index in [4.69, 9.17) is 10.9 Å². The van der Waals surface area contributed by atoms with Crippen molar-refractivity contribution >= 4 is 15.7 Å². The Labute approximate surface area is 105 Å². The molecular weight excluding hydrogens is 260 g/mol. The van der Waals surface area contributed by atoms with Gasteiger partial charge in [0.1, 0.15) is 15.5 Å². The van der Waals surface area contributed by atoms with Crippen LogP contribution < -0.4 is 5.73 Å². The summed E-state index contributed by atoms with van der Waals surface area (Å²) in [4.78, 5) is 0. The Morgan fingerprint density at radius 1 is 1.39 bits per heavy atom. The van der Waals surface area contributed by atoms with Crippen molar-refractivity contribution in [1.82, 2.24) is 10.3 Å². The molecule has 0 aliphatic rings. The third kappa shape index (κ3) is 4.70. The lowest BCUT2D eigenvalue weighted by Crippen LogP contribution is -2.15. The molecule has 18 heavy (non-hydrogen) atoms. The molecular formula is C9H16N4O4S. The number of hydrogen-bond acceptors (Lipinski definition) is 7. The van der Waals surface area contributed by atoms with Crippen LogP contribution in [0.25, 0.3) is 0 Å². The van der Waals surface area contributed by atoms with Crippen LogP contribution in [0.3, 0.4) is 0 Å². The molecule has 3 N–H and O–H groups in total. The van der Waals surface area contributed by atoms with E-state index in [1.54, 1.807) is 0 Å². The van der Waals surface area contributed by atoms with Crippen LogP contribution in [0.2, 0.25) is 0 Å². The fourth-order valence-electron chi connectivity index (χ4n) is 1.45. The highest BCUT2D eigenvalue weighted by atomic mass is 32.2. The normalized spacial score (nSPS) is 12.8. The summed E-state index contributed by atoms with van der Waals surface area (Å²) in [7, 11) is -2.90. The van der Waals surface area contributed by atoms with Gasteiger partial charge in [-0.2, -0.15) is 0 Å². The van der Waals surface area contributed by atoms with E-state index in [1.165, 1.54) is 6.26 Å². The predicted molar refractivity (Wildman–Crippen MR) is 64.1 cm³/mol. The number of oxime groups is 1. The Hall–Kier alpha value is -1.64. The molecule has 0 aromatic carbocycles. The van der Waals surface area contributed by atoms with Crippen molar-refractivity contribution in [2.75, 3.05) is 12.0 Å². The maximum Gasteiger partial charge on any atom is 0.194 e. The van der Waals surface area contributed by atoms with Gasteiger partial charge in [-0.05, 0) is 24.4 Å². The summed E-state index contributed by atoms with van der Waals surface area (Å²) in [6, 6.07) is 0. The van der Waals surface area contributed by atoms with Crippen molar-refractivity contribution in [2.24, 2.45) is 10.9 Å². The average Bonchev–Trinajstić information content (AvgIpc) is 2.74. The summed E-state index contributed by atoms with van der Waals surface area (Å²) >= 11 is 0. The fourth-order valence-corrected chi connectivity index (χ4v) is 2.17. The van der Waals surface area contributed by atoms with Crippen LogP contribution in [0.4, 0.5) is 0 Å². The van der Waals surface area contributed by atoms with Crippen molar-refractivity contribution in [1.29, 1.82) is 0 Å². The molecule has 0 aliphatic heterocycles. The van der Waals surface area contributed by atoms with Crippen LogP contribution in [0.1, 0.15) is 30.7 Å². The molecule has 0 amide bonds. The van der Waals surface area contributed by atoms with Gasteiger partial charge in [-0.15, -0.1) is 0 Å². The first-order valence-electron chi connectivity index (χ1n) is 5.41. The number of unbranched alkanes of at least 4 members (excludes halogenated alkanes) is 2. The van der Waals surface area contributed by atoms with Crippen LogP contribution in [0.15, 0.2) is 9.78 Å². The Kier molecular flexibility index (Phi) is 5.08. The molecule has 0 radical (unpaired) electrons. The molecule has 1 heterocycles. The van der Waals surface area contributed by atoms with Crippen molar-refractivity contribution in [2.45, 2.75) is 25.7 Å². The molecule has 1 aromatic heterocycles. The second-order valence-electron chi connectivity index (χ2n) is 3.99. The Bertz CT molecular complexity index is 508. The van der Waals surface area contributed by atoms with Gasteiger partial charge in [0.2, 0.25) is 0 Å². The highest BCUT2D eigenvalue weighted by Gasteiger charge is 2.13. The van der Waals surface area contributed by atoms with E-state index in [0.717, 1.165) is 12.8 Å². The molecule has 0 aliphatic carbocycles. The highest BCUT2D eigenvalue weighted by Crippen LogP contribution is 2.09. The van der Waals surface area contributed by atoms with Gasteiger partial charge in [-0.1, -0.05) is 16.7 Å². The summed E-state index contributed by atoms with van der Waals surface area (Å²) in [6.07, 6.45) is 3.83. The first-order valence-corrected chi connectivity index (χ1v) is 7.47. The molecule has 8 nitrogen and oxygen atoms in total. The SMILES string of the molecule is CS(=O)(=O)CCCCCc1nonc1/C(N)=N/O. The monoisotopic (exact) mass is 276 g/mol. The second kappa shape index (κ2) is 6.34. The van der Waals surface area contributed by atoms with Crippen molar-refractivity contribution in [3.63, 3.8) is 0 Å². The standard InChI is InChI=1S/C9H16N4O4S/c1-18(15,16)6-4-2-3-5-7-8(9(10)11-14)13-17-12-7/h14H,2-6H2,1H3,(H2,10,11). The third-order valence-corrected chi connectivity index (χ3v) is 3.37. The topological polar surface area (TPSA) is 132 Å². The summed E-state index contributed by atoms with van der Waals surface area (Å²) in [5.41, 5.74) is 6.11. The van der Waals surface area contributed by atoms with Crippen molar-refractivity contribution < 1.29 is 18.3 Å². The van der Waals surface area contributed by atoms with Crippen molar-refractivity contribution in [3.8, 4) is 0 Å². The van der Waals surface area contributed by atoms with E-state index in [-0.39, 0.29) is 17.3 Å². The molecule has 1 rings (SSSR count). The number of aromatic nitrogens is 2. The maximum absolute atomic E-state index is 10.9. The number of sulfone groups is 1. The second-order valence-corrected chi connectivity index (χ2v) is 6.25. The Morgan fingerprint density at radius 3 is 2.72 bits per heavy atom. The maximum atomic E-state index is 10.9. The van der Waals surface area contributed by atoms with Crippen LogP contribution in [0.5, 0.6) is 0 Å². The van der Waals surface area contributed by atoms with Gasteiger partial charge >= 0.3 is 0 Å². The lowest BCUT2D eigenvalue weighted by Gasteiger charge is -1.99. The largest absolute Gasteiger partial charge is 0.409 e. The van der Waals surface area contributed by atoms with Gasteiger partial charge in [0.15, 0.2) is 11.5 Å². The number of nitrogens with two attached hydrogens (primary N) is 1. The number of hydrogen-bond donors (Lipinski definition) is 2. The van der Waals surface area contributed by atoms with Crippen LogP contribution in [-0.4, -0.2) is 41.8 Å². The molecule has 0 spiro atoms. The van der Waals surface area contributed by atoms with Crippen LogP contribution in [0, 0.1) is 0 Å². The summed E-state index contributed by atoms with van der Waals surface area (Å²) in [5, 5.41) is 18.5. The van der Waals surface area contributed by atoms with Gasteiger partial charge < -0.3 is 10.9 Å². The summed E-state index contributed by atoms with van der Waals surface area (Å²) in [5.74, 6) is 0.0272. The third-order valence-electron chi connectivity index (χ3n) is 2.34. The van der Waals surface area contributed by atoms with Gasteiger partial charge in [0, 0.05) is 12.0 Å².